The molecule has 0 aliphatic rings. The molecule has 0 aliphatic heterocycles. The molecule has 0 spiro atoms. The van der Waals surface area contributed by atoms with Gasteiger partial charge in [0.25, 0.3) is 0 Å². The molecule has 8 rings (SSSR count). The molecule has 0 amide bonds. The van der Waals surface area contributed by atoms with Crippen molar-refractivity contribution >= 4 is 53.9 Å². The van der Waals surface area contributed by atoms with Crippen LogP contribution in [0.5, 0.6) is 0 Å². The molecule has 8 aromatic rings. The maximum absolute atomic E-state index is 3.42. The topological polar surface area (TPSA) is 0 Å². The first kappa shape index (κ1) is 24.0. The molecular weight excluding hydrogens is 504 g/mol. The molecule has 0 nitrogen and oxygen atoms in total. The van der Waals surface area contributed by atoms with Gasteiger partial charge in [0.2, 0.25) is 0 Å². The van der Waals surface area contributed by atoms with Gasteiger partial charge in [0.05, 0.1) is 0 Å². The fraction of sp³-hybridized carbons (Fsp3) is 0. The molecule has 0 heteroatoms. The summed E-state index contributed by atoms with van der Waals surface area (Å²) < 4.78 is 0. The van der Waals surface area contributed by atoms with Crippen LogP contribution in [0.2, 0.25) is 0 Å². The molecule has 0 unspecified atom stereocenters. The summed E-state index contributed by atoms with van der Waals surface area (Å²) >= 11 is 0. The Morgan fingerprint density at radius 1 is 0.238 bits per heavy atom. The lowest BCUT2D eigenvalue weighted by Gasteiger charge is -2.16. The summed E-state index contributed by atoms with van der Waals surface area (Å²) in [7, 11) is 0. The van der Waals surface area contributed by atoms with Crippen LogP contribution in [-0.4, -0.2) is 0 Å². The first-order chi connectivity index (χ1) is 20.8. The van der Waals surface area contributed by atoms with Gasteiger partial charge in [-0.05, 0) is 102 Å². The molecule has 0 aliphatic carbocycles. The summed E-state index contributed by atoms with van der Waals surface area (Å²) in [6.07, 6.45) is 0. The minimum Gasteiger partial charge on any atom is -0.0622 e. The van der Waals surface area contributed by atoms with Crippen molar-refractivity contribution in [2.75, 3.05) is 0 Å². The molecule has 42 heavy (non-hydrogen) atoms. The van der Waals surface area contributed by atoms with Crippen LogP contribution in [0, 0.1) is 23.7 Å². The number of hydrogen-bond donors (Lipinski definition) is 0. The highest BCUT2D eigenvalue weighted by Gasteiger charge is 2.16. The number of hydrogen-bond acceptors (Lipinski definition) is 0. The van der Waals surface area contributed by atoms with Gasteiger partial charge in [-0.15, -0.1) is 0 Å². The number of fused-ring (bicyclic) bond motifs is 11. The third kappa shape index (κ3) is 4.07. The highest BCUT2D eigenvalue weighted by Crippen LogP contribution is 2.44. The Hall–Kier alpha value is -5.82. The lowest BCUT2D eigenvalue weighted by Crippen LogP contribution is -1.90. The summed E-state index contributed by atoms with van der Waals surface area (Å²) in [6, 6.07) is 51.3. The summed E-state index contributed by atoms with van der Waals surface area (Å²) in [6.45, 7) is 0. The molecule has 0 radical (unpaired) electrons. The van der Waals surface area contributed by atoms with E-state index in [0.717, 1.165) is 22.3 Å². The molecule has 0 saturated heterocycles. The summed E-state index contributed by atoms with van der Waals surface area (Å²) in [5.41, 5.74) is 4.05. The zero-order chi connectivity index (χ0) is 27.9. The average molecular weight is 529 g/mol. The lowest BCUT2D eigenvalue weighted by atomic mass is 9.86. The molecule has 0 heterocycles. The summed E-state index contributed by atoms with van der Waals surface area (Å²) in [4.78, 5) is 0. The van der Waals surface area contributed by atoms with Crippen molar-refractivity contribution in [3.8, 4) is 23.7 Å². The average Bonchev–Trinajstić information content (AvgIpc) is 3.07. The second-order valence-electron chi connectivity index (χ2n) is 10.6. The predicted molar refractivity (Wildman–Crippen MR) is 179 cm³/mol. The van der Waals surface area contributed by atoms with Gasteiger partial charge < -0.3 is 0 Å². The highest BCUT2D eigenvalue weighted by atomic mass is 14.2. The van der Waals surface area contributed by atoms with E-state index in [1.807, 2.05) is 36.4 Å². The van der Waals surface area contributed by atoms with Gasteiger partial charge in [0.15, 0.2) is 0 Å². The first-order valence-electron chi connectivity index (χ1n) is 14.2. The van der Waals surface area contributed by atoms with Gasteiger partial charge in [-0.3, -0.25) is 0 Å². The van der Waals surface area contributed by atoms with E-state index in [0.29, 0.717) is 0 Å². The van der Waals surface area contributed by atoms with Crippen LogP contribution in [0.25, 0.3) is 53.9 Å². The van der Waals surface area contributed by atoms with Crippen LogP contribution in [0.3, 0.4) is 0 Å². The van der Waals surface area contributed by atoms with Gasteiger partial charge >= 0.3 is 0 Å². The van der Waals surface area contributed by atoms with Crippen molar-refractivity contribution < 1.29 is 0 Å². The van der Waals surface area contributed by atoms with Crippen LogP contribution in [0.1, 0.15) is 22.3 Å². The molecule has 8 aromatic carbocycles. The third-order valence-electron chi connectivity index (χ3n) is 8.05. The Labute approximate surface area is 244 Å². The zero-order valence-corrected chi connectivity index (χ0v) is 22.9. The molecule has 0 N–H and O–H groups in total. The van der Waals surface area contributed by atoms with Crippen LogP contribution in [-0.2, 0) is 0 Å². The van der Waals surface area contributed by atoms with E-state index < -0.39 is 0 Å². The smallest absolute Gasteiger partial charge is 0.0255 e. The molecule has 0 saturated carbocycles. The van der Waals surface area contributed by atoms with Crippen molar-refractivity contribution in [2.24, 2.45) is 0 Å². The second-order valence-corrected chi connectivity index (χ2v) is 10.6. The quantitative estimate of drug-likeness (QED) is 0.136. The van der Waals surface area contributed by atoms with Crippen molar-refractivity contribution in [2.45, 2.75) is 0 Å². The fourth-order valence-electron chi connectivity index (χ4n) is 6.16. The third-order valence-corrected chi connectivity index (χ3v) is 8.05. The Morgan fingerprint density at radius 2 is 0.571 bits per heavy atom. The standard InChI is InChI=1S/C42H24/c1-3-11-29(12-4-1)19-21-31-23-25-35-33-15-7-10-18-38(33)42-40-28-32(22-20-30-13-5-2-6-14-30)24-26-36(40)34-16-8-9-17-37(34)41(42)39(35)27-31/h1-18,23-28H. The van der Waals surface area contributed by atoms with Crippen LogP contribution in [0.15, 0.2) is 146 Å². The molecule has 0 aromatic heterocycles. The second kappa shape index (κ2) is 9.98. The lowest BCUT2D eigenvalue weighted by molar-refractivity contribution is 1.64. The van der Waals surface area contributed by atoms with Crippen molar-refractivity contribution in [1.82, 2.24) is 0 Å². The number of benzene rings is 8. The molecule has 0 bridgehead atoms. The van der Waals surface area contributed by atoms with E-state index in [9.17, 15) is 0 Å². The SMILES string of the molecule is C(#Cc1ccc2c3ccccc3c3c4cc(C#Cc5ccccc5)ccc4c4ccccc4c3c2c1)c1ccccc1. The van der Waals surface area contributed by atoms with Gasteiger partial charge in [-0.2, -0.15) is 0 Å². The Morgan fingerprint density at radius 3 is 1.00 bits per heavy atom. The Bertz CT molecular complexity index is 2270. The monoisotopic (exact) mass is 528 g/mol. The maximum atomic E-state index is 3.42. The van der Waals surface area contributed by atoms with E-state index >= 15 is 0 Å². The molecule has 192 valence electrons. The number of rotatable bonds is 0. The van der Waals surface area contributed by atoms with Crippen LogP contribution < -0.4 is 0 Å². The molecule has 0 atom stereocenters. The van der Waals surface area contributed by atoms with Crippen molar-refractivity contribution in [1.29, 1.82) is 0 Å². The van der Waals surface area contributed by atoms with Crippen LogP contribution in [0.4, 0.5) is 0 Å². The summed E-state index contributed by atoms with van der Waals surface area (Å²) in [5.74, 6) is 13.5. The molecular formula is C42H24. The first-order valence-corrected chi connectivity index (χ1v) is 14.2. The van der Waals surface area contributed by atoms with Crippen LogP contribution >= 0.6 is 0 Å². The van der Waals surface area contributed by atoms with E-state index in [2.05, 4.69) is 133 Å². The summed E-state index contributed by atoms with van der Waals surface area (Å²) in [5, 5.41) is 12.5. The van der Waals surface area contributed by atoms with Gasteiger partial charge in [-0.1, -0.05) is 121 Å². The highest BCUT2D eigenvalue weighted by molar-refractivity contribution is 6.39. The minimum absolute atomic E-state index is 1.01. The fourth-order valence-corrected chi connectivity index (χ4v) is 6.16. The van der Waals surface area contributed by atoms with Crippen molar-refractivity contribution in [3.63, 3.8) is 0 Å². The molecule has 0 fully saturated rings. The Kier molecular flexibility index (Phi) is 5.71. The van der Waals surface area contributed by atoms with E-state index in [1.54, 1.807) is 0 Å². The van der Waals surface area contributed by atoms with Gasteiger partial charge in [0.1, 0.15) is 0 Å². The van der Waals surface area contributed by atoms with E-state index in [1.165, 1.54) is 53.9 Å². The van der Waals surface area contributed by atoms with Gasteiger partial charge in [0, 0.05) is 22.3 Å². The van der Waals surface area contributed by atoms with E-state index in [-0.39, 0.29) is 0 Å². The maximum Gasteiger partial charge on any atom is 0.0255 e. The van der Waals surface area contributed by atoms with E-state index in [4.69, 9.17) is 0 Å². The van der Waals surface area contributed by atoms with Gasteiger partial charge in [-0.25, -0.2) is 0 Å². The van der Waals surface area contributed by atoms with Crippen molar-refractivity contribution in [3.05, 3.63) is 168 Å². The zero-order valence-electron chi connectivity index (χ0n) is 22.9. The predicted octanol–water partition coefficient (Wildman–Crippen LogP) is 10.3. The minimum atomic E-state index is 1.01. The Balaban J connectivity index is 1.49. The largest absolute Gasteiger partial charge is 0.0622 e. The normalized spacial score (nSPS) is 11.0.